The molecule has 3 nitrogen and oxygen atoms in total. The zero-order chi connectivity index (χ0) is 20.5. The van der Waals surface area contributed by atoms with Crippen LogP contribution in [0.4, 0.5) is 4.39 Å². The fraction of sp³-hybridized carbons (Fsp3) is 0.600. The van der Waals surface area contributed by atoms with Crippen molar-refractivity contribution >= 4 is 0 Å². The van der Waals surface area contributed by atoms with Gasteiger partial charge in [-0.3, -0.25) is 0 Å². The maximum atomic E-state index is 12.8. The van der Waals surface area contributed by atoms with Crippen LogP contribution < -0.4 is 0 Å². The highest BCUT2D eigenvalue weighted by Gasteiger charge is 2.25. The molecule has 2 aliphatic carbocycles. The molecule has 1 aromatic carbocycles. The van der Waals surface area contributed by atoms with Crippen LogP contribution in [-0.2, 0) is 4.74 Å². The maximum Gasteiger partial charge on any atom is 0.196 e. The molecular weight excluding hydrogens is 363 g/mol. The molecule has 0 radical (unpaired) electrons. The first kappa shape index (κ1) is 21.5. The van der Waals surface area contributed by atoms with E-state index in [9.17, 15) is 4.39 Å². The molecule has 154 valence electrons. The summed E-state index contributed by atoms with van der Waals surface area (Å²) in [6, 6.07) is 11.8. The Labute approximate surface area is 174 Å². The monoisotopic (exact) mass is 394 g/mol. The van der Waals surface area contributed by atoms with E-state index in [2.05, 4.69) is 18.2 Å². The summed E-state index contributed by atoms with van der Waals surface area (Å²) in [7, 11) is 0. The van der Waals surface area contributed by atoms with Gasteiger partial charge in [0.2, 0.25) is 0 Å². The summed E-state index contributed by atoms with van der Waals surface area (Å²) in [6.45, 7) is 0.880. The molecule has 0 unspecified atom stereocenters. The largest absolute Gasteiger partial charge is 0.378 e. The molecule has 0 heterocycles. The second-order valence-electron chi connectivity index (χ2n) is 8.67. The molecule has 3 rings (SSSR count). The molecule has 0 saturated heterocycles. The van der Waals surface area contributed by atoms with Gasteiger partial charge < -0.3 is 4.74 Å². The van der Waals surface area contributed by atoms with Crippen LogP contribution in [0.25, 0.3) is 0 Å². The number of nitriles is 2. The van der Waals surface area contributed by atoms with Crippen molar-refractivity contribution in [2.24, 2.45) is 11.8 Å². The van der Waals surface area contributed by atoms with E-state index in [0.717, 1.165) is 44.3 Å². The molecule has 0 N–H and O–H groups in total. The van der Waals surface area contributed by atoms with E-state index in [1.807, 2.05) is 12.1 Å². The summed E-state index contributed by atoms with van der Waals surface area (Å²) in [6.07, 6.45) is 12.8. The molecule has 2 saturated carbocycles. The Morgan fingerprint density at radius 1 is 0.966 bits per heavy atom. The SMILES string of the molecule is N#CC(F)=CCCC1CCC(OCC2CCC(c3ccc(C#N)cc3)CC2)CC1. The second kappa shape index (κ2) is 11.1. The predicted molar refractivity (Wildman–Crippen MR) is 112 cm³/mol. The molecular formula is C25H31FN2O. The van der Waals surface area contributed by atoms with Crippen LogP contribution >= 0.6 is 0 Å². The first-order chi connectivity index (χ1) is 14.2. The van der Waals surface area contributed by atoms with Crippen molar-refractivity contribution in [2.45, 2.75) is 76.2 Å². The van der Waals surface area contributed by atoms with Crippen molar-refractivity contribution in [3.63, 3.8) is 0 Å². The van der Waals surface area contributed by atoms with Crippen molar-refractivity contribution in [3.05, 3.63) is 47.3 Å². The van der Waals surface area contributed by atoms with Crippen LogP contribution in [0.2, 0.25) is 0 Å². The van der Waals surface area contributed by atoms with Crippen LogP contribution in [0.3, 0.4) is 0 Å². The minimum atomic E-state index is -0.657. The average molecular weight is 395 g/mol. The number of allylic oxidation sites excluding steroid dienone is 2. The van der Waals surface area contributed by atoms with Crippen LogP contribution in [0, 0.1) is 34.5 Å². The van der Waals surface area contributed by atoms with Crippen LogP contribution in [0.5, 0.6) is 0 Å². The molecule has 0 spiro atoms. The Kier molecular flexibility index (Phi) is 8.26. The third kappa shape index (κ3) is 6.69. The second-order valence-corrected chi connectivity index (χ2v) is 8.67. The molecule has 2 aliphatic rings. The number of nitrogens with zero attached hydrogens (tertiary/aromatic N) is 2. The predicted octanol–water partition coefficient (Wildman–Crippen LogP) is 6.56. The Morgan fingerprint density at radius 3 is 2.24 bits per heavy atom. The Morgan fingerprint density at radius 2 is 1.62 bits per heavy atom. The highest BCUT2D eigenvalue weighted by Crippen LogP contribution is 2.37. The number of halogens is 1. The Balaban J connectivity index is 1.31. The van der Waals surface area contributed by atoms with E-state index >= 15 is 0 Å². The van der Waals surface area contributed by atoms with Gasteiger partial charge in [0.1, 0.15) is 6.07 Å². The first-order valence-electron chi connectivity index (χ1n) is 11.1. The van der Waals surface area contributed by atoms with E-state index in [1.54, 1.807) is 0 Å². The highest BCUT2D eigenvalue weighted by molar-refractivity contribution is 5.33. The van der Waals surface area contributed by atoms with Gasteiger partial charge in [0.15, 0.2) is 5.83 Å². The van der Waals surface area contributed by atoms with Crippen molar-refractivity contribution in [2.75, 3.05) is 6.61 Å². The summed E-state index contributed by atoms with van der Waals surface area (Å²) in [5.74, 6) is 1.27. The third-order valence-electron chi connectivity index (χ3n) is 6.72. The number of benzene rings is 1. The lowest BCUT2D eigenvalue weighted by Gasteiger charge is -2.32. The van der Waals surface area contributed by atoms with Crippen LogP contribution in [0.1, 0.15) is 81.3 Å². The lowest BCUT2D eigenvalue weighted by molar-refractivity contribution is -0.00824. The molecule has 0 bridgehead atoms. The molecule has 29 heavy (non-hydrogen) atoms. The first-order valence-corrected chi connectivity index (χ1v) is 11.1. The fourth-order valence-corrected chi connectivity index (χ4v) is 4.84. The van der Waals surface area contributed by atoms with Gasteiger partial charge in [-0.2, -0.15) is 14.9 Å². The molecule has 0 amide bonds. The number of hydrogen-bond donors (Lipinski definition) is 0. The number of ether oxygens (including phenoxy) is 1. The molecule has 0 atom stereocenters. The fourth-order valence-electron chi connectivity index (χ4n) is 4.84. The van der Waals surface area contributed by atoms with E-state index in [1.165, 1.54) is 43.4 Å². The summed E-state index contributed by atoms with van der Waals surface area (Å²) in [5, 5.41) is 17.4. The summed E-state index contributed by atoms with van der Waals surface area (Å²) >= 11 is 0. The maximum absolute atomic E-state index is 12.8. The summed E-state index contributed by atoms with van der Waals surface area (Å²) < 4.78 is 19.1. The summed E-state index contributed by atoms with van der Waals surface area (Å²) in [4.78, 5) is 0. The van der Waals surface area contributed by atoms with Gasteiger partial charge in [-0.05, 0) is 106 Å². The van der Waals surface area contributed by atoms with Crippen molar-refractivity contribution in [1.82, 2.24) is 0 Å². The lowest BCUT2D eigenvalue weighted by Crippen LogP contribution is -2.25. The van der Waals surface area contributed by atoms with E-state index in [4.69, 9.17) is 15.3 Å². The van der Waals surface area contributed by atoms with Crippen molar-refractivity contribution in [3.8, 4) is 12.1 Å². The quantitative estimate of drug-likeness (QED) is 0.492. The van der Waals surface area contributed by atoms with Gasteiger partial charge in [0.25, 0.3) is 0 Å². The van der Waals surface area contributed by atoms with E-state index in [-0.39, 0.29) is 0 Å². The van der Waals surface area contributed by atoms with Gasteiger partial charge in [-0.15, -0.1) is 0 Å². The van der Waals surface area contributed by atoms with E-state index < -0.39 is 5.83 Å². The van der Waals surface area contributed by atoms with Gasteiger partial charge in [0, 0.05) is 6.61 Å². The van der Waals surface area contributed by atoms with Gasteiger partial charge in [-0.25, -0.2) is 0 Å². The van der Waals surface area contributed by atoms with Crippen LogP contribution in [0.15, 0.2) is 36.2 Å². The highest BCUT2D eigenvalue weighted by atomic mass is 19.1. The number of hydrogen-bond acceptors (Lipinski definition) is 3. The smallest absolute Gasteiger partial charge is 0.196 e. The van der Waals surface area contributed by atoms with E-state index in [0.29, 0.717) is 30.3 Å². The minimum Gasteiger partial charge on any atom is -0.378 e. The van der Waals surface area contributed by atoms with Gasteiger partial charge in [0.05, 0.1) is 17.7 Å². The molecule has 2 fully saturated rings. The standard InChI is InChI=1S/C25H31FN2O/c26-24(17-28)3-1-2-19-8-14-25(15-9-19)29-18-21-6-12-23(13-7-21)22-10-4-20(16-27)5-11-22/h3-5,10-11,19,21,23,25H,1-2,6-9,12-15,18H2. The van der Waals surface area contributed by atoms with Crippen molar-refractivity contribution in [1.29, 1.82) is 10.5 Å². The topological polar surface area (TPSA) is 56.8 Å². The van der Waals surface area contributed by atoms with Gasteiger partial charge in [-0.1, -0.05) is 12.1 Å². The number of rotatable bonds is 7. The lowest BCUT2D eigenvalue weighted by atomic mass is 9.79. The average Bonchev–Trinajstić information content (AvgIpc) is 2.79. The zero-order valence-electron chi connectivity index (χ0n) is 17.2. The molecule has 1 aromatic rings. The molecule has 0 aromatic heterocycles. The zero-order valence-corrected chi connectivity index (χ0v) is 17.2. The van der Waals surface area contributed by atoms with Crippen molar-refractivity contribution < 1.29 is 9.13 Å². The minimum absolute atomic E-state index is 0.383. The normalized spacial score (nSPS) is 27.8. The molecule has 4 heteroatoms. The Hall–Kier alpha value is -2.17. The summed E-state index contributed by atoms with van der Waals surface area (Å²) in [5.41, 5.74) is 2.10. The molecule has 0 aliphatic heterocycles. The third-order valence-corrected chi connectivity index (χ3v) is 6.72. The van der Waals surface area contributed by atoms with Crippen LogP contribution in [-0.4, -0.2) is 12.7 Å². The van der Waals surface area contributed by atoms with Gasteiger partial charge >= 0.3 is 0 Å². The Bertz CT molecular complexity index is 743.